The van der Waals surface area contributed by atoms with Gasteiger partial charge in [-0.05, 0) is 61.1 Å². The highest BCUT2D eigenvalue weighted by atomic mass is 19.1. The number of nitrogens with one attached hydrogen (secondary N) is 2. The summed E-state index contributed by atoms with van der Waals surface area (Å²) in [5.41, 5.74) is 2.15. The molecule has 1 heterocycles. The van der Waals surface area contributed by atoms with E-state index in [-0.39, 0.29) is 29.3 Å². The minimum Gasteiger partial charge on any atom is -0.351 e. The number of nitrogens with zero attached hydrogens (tertiary/aromatic N) is 1. The fraction of sp³-hybridized carbons (Fsp3) is 0.464. The van der Waals surface area contributed by atoms with Crippen molar-refractivity contribution in [2.45, 2.75) is 70.1 Å². The van der Waals surface area contributed by atoms with Crippen LogP contribution in [-0.2, 0) is 27.2 Å². The number of hydrogen-bond donors (Lipinski definition) is 2. The predicted octanol–water partition coefficient (Wildman–Crippen LogP) is 3.44. The van der Waals surface area contributed by atoms with Crippen molar-refractivity contribution >= 4 is 17.7 Å². The average Bonchev–Trinajstić information content (AvgIpc) is 3.53. The van der Waals surface area contributed by atoms with E-state index in [2.05, 4.69) is 10.6 Å². The Bertz CT molecular complexity index is 1170. The standard InChI is InChI=1S/C28H31F2N3O3/c1-15(2)11-23-26(34)32-24(18-12-16-5-3-4-6-17(16)13-18)28(36)33(23)25(27(35)31-20-8-9-20)21-10-7-19(29)14-22(21)30/h3-7,10,14-15,18,20,23-25H,8-9,11-13H2,1-2H3,(H,31,35)(H,32,34)/t23-,24-,25?/m1/s1. The van der Waals surface area contributed by atoms with Crippen molar-refractivity contribution in [3.8, 4) is 0 Å². The summed E-state index contributed by atoms with van der Waals surface area (Å²) in [5.74, 6) is -3.14. The number of fused-ring (bicyclic) bond motifs is 1. The molecule has 2 aromatic carbocycles. The molecule has 0 aromatic heterocycles. The maximum absolute atomic E-state index is 15.1. The molecule has 2 N–H and O–H groups in total. The van der Waals surface area contributed by atoms with Crippen molar-refractivity contribution in [1.82, 2.24) is 15.5 Å². The topological polar surface area (TPSA) is 78.5 Å². The summed E-state index contributed by atoms with van der Waals surface area (Å²) < 4.78 is 28.9. The van der Waals surface area contributed by atoms with E-state index in [4.69, 9.17) is 0 Å². The molecule has 3 aliphatic rings. The summed E-state index contributed by atoms with van der Waals surface area (Å²) in [7, 11) is 0. The van der Waals surface area contributed by atoms with E-state index in [1.807, 2.05) is 38.1 Å². The van der Waals surface area contributed by atoms with Crippen LogP contribution in [0, 0.1) is 23.5 Å². The van der Waals surface area contributed by atoms with Crippen molar-refractivity contribution in [3.63, 3.8) is 0 Å². The minimum atomic E-state index is -1.38. The maximum atomic E-state index is 15.1. The average molecular weight is 496 g/mol. The number of benzene rings is 2. The molecule has 1 aliphatic heterocycles. The van der Waals surface area contributed by atoms with Gasteiger partial charge in [0.2, 0.25) is 17.7 Å². The van der Waals surface area contributed by atoms with Gasteiger partial charge in [-0.15, -0.1) is 0 Å². The molecule has 1 unspecified atom stereocenters. The number of hydrogen-bond acceptors (Lipinski definition) is 3. The molecule has 2 aromatic rings. The molecule has 0 bridgehead atoms. The molecule has 2 fully saturated rings. The second kappa shape index (κ2) is 9.64. The van der Waals surface area contributed by atoms with Crippen LogP contribution in [0.3, 0.4) is 0 Å². The van der Waals surface area contributed by atoms with Gasteiger partial charge in [-0.25, -0.2) is 8.78 Å². The highest BCUT2D eigenvalue weighted by Crippen LogP contribution is 2.36. The smallest absolute Gasteiger partial charge is 0.247 e. The predicted molar refractivity (Wildman–Crippen MR) is 130 cm³/mol. The fourth-order valence-corrected chi connectivity index (χ4v) is 5.52. The first-order valence-corrected chi connectivity index (χ1v) is 12.7. The highest BCUT2D eigenvalue weighted by Gasteiger charge is 2.50. The first-order valence-electron chi connectivity index (χ1n) is 12.7. The Morgan fingerprint density at radius 1 is 1.08 bits per heavy atom. The maximum Gasteiger partial charge on any atom is 0.247 e. The lowest BCUT2D eigenvalue weighted by Crippen LogP contribution is -2.67. The first kappa shape index (κ1) is 24.4. The van der Waals surface area contributed by atoms with E-state index < -0.39 is 41.6 Å². The third-order valence-electron chi connectivity index (χ3n) is 7.41. The molecular weight excluding hydrogens is 464 g/mol. The molecule has 0 radical (unpaired) electrons. The molecule has 0 spiro atoms. The normalized spacial score (nSPS) is 23.0. The van der Waals surface area contributed by atoms with Gasteiger partial charge in [0.25, 0.3) is 0 Å². The number of carbonyl (C=O) groups excluding carboxylic acids is 3. The minimum absolute atomic E-state index is 0.0357. The Morgan fingerprint density at radius 3 is 2.33 bits per heavy atom. The molecule has 3 atom stereocenters. The van der Waals surface area contributed by atoms with Crippen LogP contribution in [0.4, 0.5) is 8.78 Å². The molecule has 3 amide bonds. The zero-order chi connectivity index (χ0) is 25.6. The van der Waals surface area contributed by atoms with E-state index in [1.165, 1.54) is 11.0 Å². The Kier molecular flexibility index (Phi) is 6.53. The van der Waals surface area contributed by atoms with Crippen LogP contribution >= 0.6 is 0 Å². The SMILES string of the molecule is CC(C)C[C@@H]1C(=O)N[C@H](C2Cc3ccccc3C2)C(=O)N1C(C(=O)NC1CC1)c1ccc(F)cc1F. The molecule has 2 aliphatic carbocycles. The lowest BCUT2D eigenvalue weighted by Gasteiger charge is -2.44. The number of halogens is 2. The van der Waals surface area contributed by atoms with Gasteiger partial charge in [0.15, 0.2) is 0 Å². The van der Waals surface area contributed by atoms with Crippen molar-refractivity contribution in [2.24, 2.45) is 11.8 Å². The summed E-state index contributed by atoms with van der Waals surface area (Å²) in [4.78, 5) is 42.4. The van der Waals surface area contributed by atoms with Gasteiger partial charge in [0.1, 0.15) is 29.8 Å². The van der Waals surface area contributed by atoms with Crippen LogP contribution in [-0.4, -0.2) is 40.7 Å². The summed E-state index contributed by atoms with van der Waals surface area (Å²) in [6, 6.07) is 7.72. The Labute approximate surface area is 209 Å². The molecule has 36 heavy (non-hydrogen) atoms. The van der Waals surface area contributed by atoms with Gasteiger partial charge in [-0.2, -0.15) is 0 Å². The van der Waals surface area contributed by atoms with Gasteiger partial charge in [-0.1, -0.05) is 44.2 Å². The van der Waals surface area contributed by atoms with E-state index >= 15 is 4.39 Å². The van der Waals surface area contributed by atoms with Crippen molar-refractivity contribution < 1.29 is 23.2 Å². The second-order valence-electron chi connectivity index (χ2n) is 10.7. The number of carbonyl (C=O) groups is 3. The monoisotopic (exact) mass is 495 g/mol. The van der Waals surface area contributed by atoms with Gasteiger partial charge in [0, 0.05) is 17.7 Å². The molecule has 1 saturated carbocycles. The van der Waals surface area contributed by atoms with Gasteiger partial charge < -0.3 is 15.5 Å². The Hall–Kier alpha value is -3.29. The molecule has 190 valence electrons. The zero-order valence-electron chi connectivity index (χ0n) is 20.5. The summed E-state index contributed by atoms with van der Waals surface area (Å²) in [6.07, 6.45) is 3.17. The molecule has 1 saturated heterocycles. The van der Waals surface area contributed by atoms with Crippen LogP contribution in [0.1, 0.15) is 55.8 Å². The van der Waals surface area contributed by atoms with Crippen LogP contribution in [0.5, 0.6) is 0 Å². The molecule has 5 rings (SSSR count). The first-order chi connectivity index (χ1) is 17.2. The summed E-state index contributed by atoms with van der Waals surface area (Å²) in [5, 5.41) is 5.81. The lowest BCUT2D eigenvalue weighted by molar-refractivity contribution is -0.158. The van der Waals surface area contributed by atoms with E-state index in [9.17, 15) is 18.8 Å². The van der Waals surface area contributed by atoms with Crippen LogP contribution < -0.4 is 10.6 Å². The quantitative estimate of drug-likeness (QED) is 0.618. The van der Waals surface area contributed by atoms with Crippen molar-refractivity contribution in [2.75, 3.05) is 0 Å². The van der Waals surface area contributed by atoms with Gasteiger partial charge >= 0.3 is 0 Å². The van der Waals surface area contributed by atoms with E-state index in [1.54, 1.807) is 0 Å². The van der Waals surface area contributed by atoms with Crippen molar-refractivity contribution in [3.05, 3.63) is 70.8 Å². The Balaban J connectivity index is 1.55. The third kappa shape index (κ3) is 4.73. The summed E-state index contributed by atoms with van der Waals surface area (Å²) >= 11 is 0. The molecule has 8 heteroatoms. The number of piperazine rings is 1. The molecule has 6 nitrogen and oxygen atoms in total. The van der Waals surface area contributed by atoms with Crippen LogP contribution in [0.15, 0.2) is 42.5 Å². The number of amides is 3. The van der Waals surface area contributed by atoms with E-state index in [0.29, 0.717) is 25.3 Å². The van der Waals surface area contributed by atoms with Crippen LogP contribution in [0.2, 0.25) is 0 Å². The largest absolute Gasteiger partial charge is 0.351 e. The van der Waals surface area contributed by atoms with Gasteiger partial charge in [-0.3, -0.25) is 14.4 Å². The fourth-order valence-electron chi connectivity index (χ4n) is 5.52. The van der Waals surface area contributed by atoms with E-state index in [0.717, 1.165) is 30.0 Å². The zero-order valence-corrected chi connectivity index (χ0v) is 20.5. The van der Waals surface area contributed by atoms with Gasteiger partial charge in [0.05, 0.1) is 0 Å². The third-order valence-corrected chi connectivity index (χ3v) is 7.41. The van der Waals surface area contributed by atoms with Crippen LogP contribution in [0.25, 0.3) is 0 Å². The highest BCUT2D eigenvalue weighted by molar-refractivity contribution is 6.00. The summed E-state index contributed by atoms with van der Waals surface area (Å²) in [6.45, 7) is 3.85. The Morgan fingerprint density at radius 2 is 1.75 bits per heavy atom. The molecular formula is C28H31F2N3O3. The number of rotatable bonds is 7. The lowest BCUT2D eigenvalue weighted by atomic mass is 9.87. The second-order valence-corrected chi connectivity index (χ2v) is 10.7. The van der Waals surface area contributed by atoms with Crippen molar-refractivity contribution in [1.29, 1.82) is 0 Å².